The number of aliphatic hydroxyl groups excluding tert-OH is 1. The third-order valence-corrected chi connectivity index (χ3v) is 7.27. The van der Waals surface area contributed by atoms with Crippen molar-refractivity contribution in [3.8, 4) is 0 Å². The highest BCUT2D eigenvalue weighted by atomic mass is 16.3. The molecule has 0 bridgehead atoms. The number of unbranched alkanes of at least 4 members (excludes halogenated alkanes) is 1. The average Bonchev–Trinajstić information content (AvgIpc) is 3.21. The molecule has 1 atom stereocenters. The lowest BCUT2D eigenvalue weighted by atomic mass is 9.92. The first-order valence-electron chi connectivity index (χ1n) is 11.7. The molecule has 0 aromatic heterocycles. The van der Waals surface area contributed by atoms with Gasteiger partial charge in [0.05, 0.1) is 5.92 Å². The van der Waals surface area contributed by atoms with Gasteiger partial charge in [-0.05, 0) is 82.1 Å². The molecule has 3 aliphatic rings. The molecule has 29 heavy (non-hydrogen) atoms. The van der Waals surface area contributed by atoms with E-state index in [9.17, 15) is 4.79 Å². The van der Waals surface area contributed by atoms with Crippen molar-refractivity contribution in [3.05, 3.63) is 35.4 Å². The fourth-order valence-electron chi connectivity index (χ4n) is 5.55. The standard InChI is InChI=1S/C24H37N3O2/c28-15-4-3-11-25-24(29)21-8-5-12-27(18-21)22-9-13-26(14-10-22)23-16-19-6-1-2-7-20(19)17-23/h1-2,6-7,21-23,28H,3-5,8-18H2,(H,25,29)/t21-/m0/s1. The Hall–Kier alpha value is -1.43. The van der Waals surface area contributed by atoms with Crippen molar-refractivity contribution < 1.29 is 9.90 Å². The van der Waals surface area contributed by atoms with E-state index in [4.69, 9.17) is 5.11 Å². The Morgan fingerprint density at radius 1 is 0.966 bits per heavy atom. The minimum absolute atomic E-state index is 0.139. The Balaban J connectivity index is 1.22. The first kappa shape index (κ1) is 20.8. The van der Waals surface area contributed by atoms with Crippen molar-refractivity contribution in [1.82, 2.24) is 15.1 Å². The molecular formula is C24H37N3O2. The molecular weight excluding hydrogens is 362 g/mol. The smallest absolute Gasteiger partial charge is 0.224 e. The lowest BCUT2D eigenvalue weighted by Gasteiger charge is -2.43. The normalized spacial score (nSPS) is 24.5. The van der Waals surface area contributed by atoms with Gasteiger partial charge in [0.15, 0.2) is 0 Å². The van der Waals surface area contributed by atoms with Gasteiger partial charge in [-0.2, -0.15) is 0 Å². The van der Waals surface area contributed by atoms with E-state index in [0.717, 1.165) is 38.8 Å². The van der Waals surface area contributed by atoms with Gasteiger partial charge < -0.3 is 10.4 Å². The number of carbonyl (C=O) groups is 1. The molecule has 1 aromatic rings. The second kappa shape index (κ2) is 10.1. The van der Waals surface area contributed by atoms with E-state index < -0.39 is 0 Å². The molecule has 0 spiro atoms. The maximum atomic E-state index is 12.5. The van der Waals surface area contributed by atoms with E-state index in [0.29, 0.717) is 18.6 Å². The van der Waals surface area contributed by atoms with E-state index in [-0.39, 0.29) is 18.4 Å². The highest BCUT2D eigenvalue weighted by Gasteiger charge is 2.34. The van der Waals surface area contributed by atoms with Crippen molar-refractivity contribution in [3.63, 3.8) is 0 Å². The molecule has 0 saturated carbocycles. The summed E-state index contributed by atoms with van der Waals surface area (Å²) in [5.74, 6) is 0.356. The minimum atomic E-state index is 0.139. The van der Waals surface area contributed by atoms with Crippen molar-refractivity contribution in [2.75, 3.05) is 39.3 Å². The minimum Gasteiger partial charge on any atom is -0.396 e. The lowest BCUT2D eigenvalue weighted by Crippen LogP contribution is -2.52. The largest absolute Gasteiger partial charge is 0.396 e. The van der Waals surface area contributed by atoms with E-state index in [2.05, 4.69) is 39.4 Å². The van der Waals surface area contributed by atoms with Gasteiger partial charge in [0.25, 0.3) is 0 Å². The van der Waals surface area contributed by atoms with Gasteiger partial charge >= 0.3 is 0 Å². The fourth-order valence-corrected chi connectivity index (χ4v) is 5.55. The number of nitrogens with one attached hydrogen (secondary N) is 1. The predicted octanol–water partition coefficient (Wildman–Crippen LogP) is 2.22. The number of fused-ring (bicyclic) bond motifs is 1. The monoisotopic (exact) mass is 399 g/mol. The summed E-state index contributed by atoms with van der Waals surface area (Å²) in [5.41, 5.74) is 3.09. The Labute approximate surface area is 175 Å². The number of piperidine rings is 2. The summed E-state index contributed by atoms with van der Waals surface area (Å²) in [6.45, 7) is 5.35. The Morgan fingerprint density at radius 2 is 1.69 bits per heavy atom. The van der Waals surface area contributed by atoms with Gasteiger partial charge in [-0.1, -0.05) is 24.3 Å². The summed E-state index contributed by atoms with van der Waals surface area (Å²) in [4.78, 5) is 17.8. The predicted molar refractivity (Wildman–Crippen MR) is 116 cm³/mol. The molecule has 2 saturated heterocycles. The van der Waals surface area contributed by atoms with Gasteiger partial charge in [0, 0.05) is 31.8 Å². The zero-order valence-electron chi connectivity index (χ0n) is 17.7. The van der Waals surface area contributed by atoms with Crippen molar-refractivity contribution in [1.29, 1.82) is 0 Å². The molecule has 2 aliphatic heterocycles. The number of likely N-dealkylation sites (tertiary alicyclic amines) is 2. The van der Waals surface area contributed by atoms with Crippen LogP contribution in [0.1, 0.15) is 49.7 Å². The maximum Gasteiger partial charge on any atom is 0.224 e. The number of rotatable bonds is 7. The molecule has 5 nitrogen and oxygen atoms in total. The van der Waals surface area contributed by atoms with Gasteiger partial charge in [-0.25, -0.2) is 0 Å². The fraction of sp³-hybridized carbons (Fsp3) is 0.708. The summed E-state index contributed by atoms with van der Waals surface area (Å²) in [6, 6.07) is 10.3. The lowest BCUT2D eigenvalue weighted by molar-refractivity contribution is -0.127. The molecule has 2 heterocycles. The van der Waals surface area contributed by atoms with Crippen molar-refractivity contribution >= 4 is 5.91 Å². The molecule has 4 rings (SSSR count). The number of benzene rings is 1. The number of amides is 1. The van der Waals surface area contributed by atoms with Crippen LogP contribution in [0.25, 0.3) is 0 Å². The topological polar surface area (TPSA) is 55.8 Å². The summed E-state index contributed by atoms with van der Waals surface area (Å²) in [6.07, 6.45) is 8.67. The first-order valence-corrected chi connectivity index (χ1v) is 11.7. The number of carbonyl (C=O) groups excluding carboxylic acids is 1. The number of aliphatic hydroxyl groups is 1. The van der Waals surface area contributed by atoms with Crippen LogP contribution in [0, 0.1) is 5.92 Å². The van der Waals surface area contributed by atoms with Crippen molar-refractivity contribution in [2.45, 2.75) is 63.5 Å². The van der Waals surface area contributed by atoms with Gasteiger partial charge in [0.2, 0.25) is 5.91 Å². The van der Waals surface area contributed by atoms with Gasteiger partial charge in [-0.15, -0.1) is 0 Å². The second-order valence-electron chi connectivity index (χ2n) is 9.15. The summed E-state index contributed by atoms with van der Waals surface area (Å²) >= 11 is 0. The Kier molecular flexibility index (Phi) is 7.22. The SMILES string of the molecule is O=C(NCCCCO)[C@H]1CCCN(C2CCN(C3Cc4ccccc4C3)CC2)C1. The zero-order chi connectivity index (χ0) is 20.1. The quantitative estimate of drug-likeness (QED) is 0.691. The average molecular weight is 400 g/mol. The molecule has 0 radical (unpaired) electrons. The molecule has 2 N–H and O–H groups in total. The van der Waals surface area contributed by atoms with Crippen LogP contribution in [0.3, 0.4) is 0 Å². The molecule has 1 aromatic carbocycles. The number of hydrogen-bond donors (Lipinski definition) is 2. The maximum absolute atomic E-state index is 12.5. The van der Waals surface area contributed by atoms with Crippen LogP contribution in [0.15, 0.2) is 24.3 Å². The van der Waals surface area contributed by atoms with Crippen LogP contribution in [0.2, 0.25) is 0 Å². The van der Waals surface area contributed by atoms with Crippen LogP contribution in [-0.2, 0) is 17.6 Å². The molecule has 160 valence electrons. The molecule has 5 heteroatoms. The van der Waals surface area contributed by atoms with Gasteiger partial charge in [0.1, 0.15) is 0 Å². The number of nitrogens with zero attached hydrogens (tertiary/aromatic N) is 2. The third kappa shape index (κ3) is 5.19. The molecule has 0 unspecified atom stereocenters. The summed E-state index contributed by atoms with van der Waals surface area (Å²) in [7, 11) is 0. The highest BCUT2D eigenvalue weighted by Crippen LogP contribution is 2.29. The van der Waals surface area contributed by atoms with Gasteiger partial charge in [-0.3, -0.25) is 14.6 Å². The summed E-state index contributed by atoms with van der Waals surface area (Å²) in [5, 5.41) is 11.9. The Bertz CT molecular complexity index is 647. The zero-order valence-corrected chi connectivity index (χ0v) is 17.7. The molecule has 1 amide bonds. The van der Waals surface area contributed by atoms with Crippen LogP contribution in [0.4, 0.5) is 0 Å². The highest BCUT2D eigenvalue weighted by molar-refractivity contribution is 5.78. The van der Waals surface area contributed by atoms with Crippen LogP contribution in [0.5, 0.6) is 0 Å². The van der Waals surface area contributed by atoms with Crippen molar-refractivity contribution in [2.24, 2.45) is 5.92 Å². The molecule has 2 fully saturated rings. The van der Waals surface area contributed by atoms with Crippen LogP contribution in [-0.4, -0.2) is 72.2 Å². The summed E-state index contributed by atoms with van der Waals surface area (Å²) < 4.78 is 0. The van der Waals surface area contributed by atoms with E-state index in [1.54, 1.807) is 11.1 Å². The van der Waals surface area contributed by atoms with E-state index in [1.807, 2.05) is 0 Å². The van der Waals surface area contributed by atoms with Crippen LogP contribution < -0.4 is 5.32 Å². The van der Waals surface area contributed by atoms with E-state index >= 15 is 0 Å². The van der Waals surface area contributed by atoms with Crippen LogP contribution >= 0.6 is 0 Å². The number of hydrogen-bond acceptors (Lipinski definition) is 4. The first-order chi connectivity index (χ1) is 14.2. The molecule has 1 aliphatic carbocycles. The van der Waals surface area contributed by atoms with E-state index in [1.165, 1.54) is 38.8 Å². The Morgan fingerprint density at radius 3 is 2.38 bits per heavy atom. The second-order valence-corrected chi connectivity index (χ2v) is 9.15. The third-order valence-electron chi connectivity index (χ3n) is 7.27.